The third-order valence-corrected chi connectivity index (χ3v) is 4.31. The van der Waals surface area contributed by atoms with Crippen LogP contribution in [0.3, 0.4) is 0 Å². The molecule has 3 rings (SSSR count). The van der Waals surface area contributed by atoms with E-state index < -0.39 is 17.5 Å². The first-order valence-corrected chi connectivity index (χ1v) is 8.46. The summed E-state index contributed by atoms with van der Waals surface area (Å²) in [5, 5.41) is 0. The van der Waals surface area contributed by atoms with E-state index in [0.717, 1.165) is 4.47 Å². The third kappa shape index (κ3) is 3.19. The highest BCUT2D eigenvalue weighted by atomic mass is 79.9. The molecule has 1 atom stereocenters. The zero-order chi connectivity index (χ0) is 18.1. The summed E-state index contributed by atoms with van der Waals surface area (Å²) in [6, 6.07) is 8.85. The molecule has 0 saturated heterocycles. The van der Waals surface area contributed by atoms with Gasteiger partial charge in [-0.2, -0.15) is 0 Å². The molecule has 2 N–H and O–H groups in total. The molecule has 1 aromatic carbocycles. The minimum Gasteiger partial charge on any atom is -0.462 e. The van der Waals surface area contributed by atoms with E-state index in [-0.39, 0.29) is 29.4 Å². The van der Waals surface area contributed by atoms with Gasteiger partial charge in [0.25, 0.3) is 0 Å². The monoisotopic (exact) mass is 405 g/mol. The van der Waals surface area contributed by atoms with Gasteiger partial charge in [-0.3, -0.25) is 0 Å². The van der Waals surface area contributed by atoms with Crippen LogP contribution in [0.1, 0.15) is 29.7 Å². The fourth-order valence-electron chi connectivity index (χ4n) is 2.84. The molecule has 0 spiro atoms. The number of rotatable bonds is 3. The third-order valence-electron chi connectivity index (χ3n) is 3.81. The van der Waals surface area contributed by atoms with E-state index in [0.29, 0.717) is 11.3 Å². The number of hydrogen-bond donors (Lipinski definition) is 1. The summed E-state index contributed by atoms with van der Waals surface area (Å²) >= 11 is 3.41. The molecule has 0 fully saturated rings. The first-order chi connectivity index (χ1) is 11.9. The van der Waals surface area contributed by atoms with E-state index in [1.165, 1.54) is 0 Å². The standard InChI is InChI=1S/C18H16BrNO5/c1-3-23-17(21)15-13(10-5-4-6-11(19)8-10)14-12(25-16(15)20)7-9(2)24-18(14)22/h4-8,13H,3,20H2,1-2H3/t13-/m1/s1. The molecule has 0 bridgehead atoms. The molecular weight excluding hydrogens is 390 g/mol. The van der Waals surface area contributed by atoms with Crippen molar-refractivity contribution < 1.29 is 18.7 Å². The molecule has 1 aromatic heterocycles. The van der Waals surface area contributed by atoms with Gasteiger partial charge in [-0.25, -0.2) is 9.59 Å². The first kappa shape index (κ1) is 17.3. The lowest BCUT2D eigenvalue weighted by atomic mass is 9.84. The number of fused-ring (bicyclic) bond motifs is 1. The number of hydrogen-bond acceptors (Lipinski definition) is 6. The smallest absolute Gasteiger partial charge is 0.343 e. The van der Waals surface area contributed by atoms with Crippen molar-refractivity contribution in [1.29, 1.82) is 0 Å². The number of esters is 1. The number of ether oxygens (including phenoxy) is 2. The molecule has 0 saturated carbocycles. The minimum atomic E-state index is -0.739. The Morgan fingerprint density at radius 3 is 2.80 bits per heavy atom. The highest BCUT2D eigenvalue weighted by molar-refractivity contribution is 9.10. The highest BCUT2D eigenvalue weighted by Gasteiger charge is 2.38. The van der Waals surface area contributed by atoms with Crippen molar-refractivity contribution in [3.05, 3.63) is 73.6 Å². The second-order valence-corrected chi connectivity index (χ2v) is 6.43. The van der Waals surface area contributed by atoms with Crippen LogP contribution >= 0.6 is 15.9 Å². The van der Waals surface area contributed by atoms with Crippen molar-refractivity contribution in [2.24, 2.45) is 5.73 Å². The summed E-state index contributed by atoms with van der Waals surface area (Å²) in [5.74, 6) is -0.776. The van der Waals surface area contributed by atoms with Crippen molar-refractivity contribution in [1.82, 2.24) is 0 Å². The van der Waals surface area contributed by atoms with Crippen LogP contribution in [0, 0.1) is 6.92 Å². The van der Waals surface area contributed by atoms with Gasteiger partial charge in [-0.05, 0) is 31.5 Å². The SMILES string of the molecule is CCOC(=O)C1=C(N)Oc2cc(C)oc(=O)c2[C@H]1c1cccc(Br)c1. The van der Waals surface area contributed by atoms with E-state index in [1.54, 1.807) is 26.0 Å². The van der Waals surface area contributed by atoms with Gasteiger partial charge in [0.05, 0.1) is 18.1 Å². The lowest BCUT2D eigenvalue weighted by Crippen LogP contribution is -2.31. The number of aryl methyl sites for hydroxylation is 1. The normalized spacial score (nSPS) is 16.2. The van der Waals surface area contributed by atoms with Crippen LogP contribution in [0.5, 0.6) is 5.75 Å². The van der Waals surface area contributed by atoms with Gasteiger partial charge < -0.3 is 19.6 Å². The second-order valence-electron chi connectivity index (χ2n) is 5.51. The van der Waals surface area contributed by atoms with Crippen molar-refractivity contribution in [2.45, 2.75) is 19.8 Å². The molecule has 25 heavy (non-hydrogen) atoms. The van der Waals surface area contributed by atoms with Crippen LogP contribution in [0.4, 0.5) is 0 Å². The van der Waals surface area contributed by atoms with Crippen molar-refractivity contribution >= 4 is 21.9 Å². The fourth-order valence-corrected chi connectivity index (χ4v) is 3.26. The zero-order valence-corrected chi connectivity index (χ0v) is 15.3. The molecule has 2 aromatic rings. The Hall–Kier alpha value is -2.54. The average molecular weight is 406 g/mol. The van der Waals surface area contributed by atoms with Crippen molar-refractivity contribution in [2.75, 3.05) is 6.61 Å². The van der Waals surface area contributed by atoms with Gasteiger partial charge in [0.2, 0.25) is 5.88 Å². The number of carbonyl (C=O) groups excluding carboxylic acids is 1. The number of carbonyl (C=O) groups is 1. The van der Waals surface area contributed by atoms with Crippen molar-refractivity contribution in [3.63, 3.8) is 0 Å². The maximum absolute atomic E-state index is 12.5. The maximum Gasteiger partial charge on any atom is 0.343 e. The molecule has 130 valence electrons. The number of benzene rings is 1. The largest absolute Gasteiger partial charge is 0.462 e. The van der Waals surface area contributed by atoms with Gasteiger partial charge in [-0.15, -0.1) is 0 Å². The molecule has 0 amide bonds. The summed E-state index contributed by atoms with van der Waals surface area (Å²) in [6.45, 7) is 3.51. The maximum atomic E-state index is 12.5. The molecule has 0 unspecified atom stereocenters. The lowest BCUT2D eigenvalue weighted by Gasteiger charge is -2.27. The Balaban J connectivity index is 2.28. The fraction of sp³-hybridized carbons (Fsp3) is 0.222. The van der Waals surface area contributed by atoms with Crippen LogP contribution in [0.2, 0.25) is 0 Å². The predicted octanol–water partition coefficient (Wildman–Crippen LogP) is 2.97. The van der Waals surface area contributed by atoms with Gasteiger partial charge in [-0.1, -0.05) is 28.1 Å². The average Bonchev–Trinajstić information content (AvgIpc) is 2.53. The molecule has 0 radical (unpaired) electrons. The van der Waals surface area contributed by atoms with E-state index in [2.05, 4.69) is 15.9 Å². The predicted molar refractivity (Wildman–Crippen MR) is 94.2 cm³/mol. The quantitative estimate of drug-likeness (QED) is 0.789. The Morgan fingerprint density at radius 1 is 1.36 bits per heavy atom. The summed E-state index contributed by atoms with van der Waals surface area (Å²) in [6.07, 6.45) is 0. The van der Waals surface area contributed by atoms with Gasteiger partial charge in [0, 0.05) is 10.5 Å². The van der Waals surface area contributed by atoms with E-state index in [4.69, 9.17) is 19.6 Å². The van der Waals surface area contributed by atoms with E-state index >= 15 is 0 Å². The molecule has 6 nitrogen and oxygen atoms in total. The molecule has 0 aliphatic carbocycles. The number of halogens is 1. The lowest BCUT2D eigenvalue weighted by molar-refractivity contribution is -0.139. The summed E-state index contributed by atoms with van der Waals surface area (Å²) in [4.78, 5) is 25.0. The molecule has 1 aliphatic rings. The Morgan fingerprint density at radius 2 is 2.12 bits per heavy atom. The Bertz CT molecular complexity index is 931. The first-order valence-electron chi connectivity index (χ1n) is 7.67. The second kappa shape index (κ2) is 6.76. The summed E-state index contributed by atoms with van der Waals surface area (Å²) in [5.41, 5.74) is 6.43. The summed E-state index contributed by atoms with van der Waals surface area (Å²) < 4.78 is 16.7. The van der Waals surface area contributed by atoms with Gasteiger partial charge in [0.15, 0.2) is 0 Å². The molecule has 7 heteroatoms. The van der Waals surface area contributed by atoms with Crippen molar-refractivity contribution in [3.8, 4) is 5.75 Å². The van der Waals surface area contributed by atoms with E-state index in [1.807, 2.05) is 18.2 Å². The summed E-state index contributed by atoms with van der Waals surface area (Å²) in [7, 11) is 0. The van der Waals surface area contributed by atoms with Gasteiger partial charge in [0.1, 0.15) is 17.1 Å². The highest BCUT2D eigenvalue weighted by Crippen LogP contribution is 2.41. The zero-order valence-electron chi connectivity index (χ0n) is 13.7. The Labute approximate surface area is 152 Å². The topological polar surface area (TPSA) is 91.8 Å². The number of nitrogens with two attached hydrogens (primary N) is 1. The van der Waals surface area contributed by atoms with E-state index in [9.17, 15) is 9.59 Å². The molecule has 1 aliphatic heterocycles. The minimum absolute atomic E-state index is 0.0825. The van der Waals surface area contributed by atoms with Crippen LogP contribution < -0.4 is 16.1 Å². The van der Waals surface area contributed by atoms with Gasteiger partial charge >= 0.3 is 11.6 Å². The molecule has 2 heterocycles. The molecular formula is C18H16BrNO5. The van der Waals surface area contributed by atoms with Crippen LogP contribution in [-0.4, -0.2) is 12.6 Å². The Kier molecular flexibility index (Phi) is 4.67. The van der Waals surface area contributed by atoms with Crippen LogP contribution in [-0.2, 0) is 9.53 Å². The van der Waals surface area contributed by atoms with Crippen LogP contribution in [0.25, 0.3) is 0 Å². The van der Waals surface area contributed by atoms with Crippen LogP contribution in [0.15, 0.2) is 55.5 Å².